The lowest BCUT2D eigenvalue weighted by Crippen LogP contribution is -2.70. The summed E-state index contributed by atoms with van der Waals surface area (Å²) in [6.07, 6.45) is 0. The van der Waals surface area contributed by atoms with Crippen LogP contribution in [0.15, 0.2) is 30.9 Å². The summed E-state index contributed by atoms with van der Waals surface area (Å²) >= 11 is 11.8. The lowest BCUT2D eigenvalue weighted by molar-refractivity contribution is -0.150. The molecule has 36 heavy (non-hydrogen) atoms. The minimum Gasteiger partial charge on any atom is -0.481 e. The SMILES string of the molecule is Nc1nc(C(=CCl)C(=O)NC2C(=O)N3C(C(=O)O)=C(CSc4nnc(SCC(=O)O)s4)CS[C@@H]23)cs1. The fourth-order valence-corrected chi connectivity index (χ4v) is 8.23. The minimum atomic E-state index is -1.25. The Balaban J connectivity index is 1.42. The summed E-state index contributed by atoms with van der Waals surface area (Å²) in [6.45, 7) is 0. The van der Waals surface area contributed by atoms with E-state index in [-0.39, 0.29) is 33.6 Å². The average Bonchev–Trinajstić information content (AvgIpc) is 3.48. The zero-order chi connectivity index (χ0) is 26.0. The van der Waals surface area contributed by atoms with Gasteiger partial charge in [0.1, 0.15) is 17.1 Å². The zero-order valence-corrected chi connectivity index (χ0v) is 22.6. The number of halogens is 1. The quantitative estimate of drug-likeness (QED) is 0.174. The number of carbonyl (C=O) groups excluding carboxylic acids is 2. The molecule has 2 aliphatic heterocycles. The number of nitrogens with zero attached hydrogens (tertiary/aromatic N) is 4. The van der Waals surface area contributed by atoms with Gasteiger partial charge in [0.15, 0.2) is 13.8 Å². The van der Waals surface area contributed by atoms with Gasteiger partial charge in [0.2, 0.25) is 0 Å². The molecule has 0 saturated carbocycles. The first-order chi connectivity index (χ1) is 17.2. The van der Waals surface area contributed by atoms with Crippen molar-refractivity contribution in [1.82, 2.24) is 25.4 Å². The third kappa shape index (κ3) is 5.65. The number of thioether (sulfide) groups is 3. The Labute approximate surface area is 228 Å². The number of β-lactam (4-membered cyclic amide) rings is 1. The molecule has 0 aromatic carbocycles. The molecule has 4 heterocycles. The van der Waals surface area contributed by atoms with Gasteiger partial charge in [-0.3, -0.25) is 19.3 Å². The summed E-state index contributed by atoms with van der Waals surface area (Å²) in [5.74, 6) is -2.94. The number of hydrogen-bond acceptors (Lipinski definition) is 13. The Morgan fingerprint density at radius 1 is 1.28 bits per heavy atom. The molecule has 4 rings (SSSR count). The smallest absolute Gasteiger partial charge is 0.352 e. The standard InChI is InChI=1S/C18H15ClN6O6S5/c19-1-7(8-4-33-16(20)21-8)12(28)22-10-13(29)25-11(15(30)31)6(2-32-14(10)25)3-34-17-23-24-18(36-17)35-5-9(26)27/h1,4,10,14H,2-3,5H2,(H2,20,21)(H,22,28)(H,26,27)(H,30,31)/t10?,14-/m0/s1. The average molecular weight is 607 g/mol. The molecule has 1 unspecified atom stereocenters. The molecule has 2 aliphatic rings. The molecule has 0 bridgehead atoms. The van der Waals surface area contributed by atoms with Crippen molar-refractivity contribution in [3.05, 3.63) is 27.9 Å². The Morgan fingerprint density at radius 2 is 2.00 bits per heavy atom. The number of amides is 2. The number of carbonyl (C=O) groups is 4. The van der Waals surface area contributed by atoms with E-state index < -0.39 is 35.2 Å². The number of anilines is 1. The number of nitrogens with one attached hydrogen (secondary N) is 1. The molecule has 0 aliphatic carbocycles. The van der Waals surface area contributed by atoms with Crippen molar-refractivity contribution < 1.29 is 29.4 Å². The van der Waals surface area contributed by atoms with Crippen molar-refractivity contribution in [3.63, 3.8) is 0 Å². The largest absolute Gasteiger partial charge is 0.481 e. The zero-order valence-electron chi connectivity index (χ0n) is 17.7. The highest BCUT2D eigenvalue weighted by atomic mass is 35.5. The summed E-state index contributed by atoms with van der Waals surface area (Å²) in [4.78, 5) is 53.6. The molecule has 0 spiro atoms. The molecule has 18 heteroatoms. The molecule has 1 saturated heterocycles. The van der Waals surface area contributed by atoms with Crippen molar-refractivity contribution in [3.8, 4) is 0 Å². The van der Waals surface area contributed by atoms with Crippen LogP contribution in [0.5, 0.6) is 0 Å². The van der Waals surface area contributed by atoms with Crippen LogP contribution in [0.2, 0.25) is 0 Å². The molecule has 2 aromatic rings. The van der Waals surface area contributed by atoms with Crippen LogP contribution >= 0.6 is 69.6 Å². The van der Waals surface area contributed by atoms with Crippen LogP contribution < -0.4 is 11.1 Å². The number of carboxylic acid groups (broad SMARTS) is 2. The van der Waals surface area contributed by atoms with Crippen molar-refractivity contribution in [2.45, 2.75) is 20.1 Å². The van der Waals surface area contributed by atoms with Gasteiger partial charge in [-0.2, -0.15) is 0 Å². The molecular formula is C18H15ClN6O6S5. The van der Waals surface area contributed by atoms with Crippen molar-refractivity contribution in [2.24, 2.45) is 0 Å². The molecule has 0 radical (unpaired) electrons. The highest BCUT2D eigenvalue weighted by Gasteiger charge is 2.54. The van der Waals surface area contributed by atoms with E-state index >= 15 is 0 Å². The van der Waals surface area contributed by atoms with Gasteiger partial charge in [-0.25, -0.2) is 9.78 Å². The summed E-state index contributed by atoms with van der Waals surface area (Å²) < 4.78 is 1.04. The molecule has 1 fully saturated rings. The van der Waals surface area contributed by atoms with E-state index in [1.54, 1.807) is 5.38 Å². The van der Waals surface area contributed by atoms with E-state index in [9.17, 15) is 24.3 Å². The lowest BCUT2D eigenvalue weighted by atomic mass is 10.0. The van der Waals surface area contributed by atoms with E-state index in [0.29, 0.717) is 20.0 Å². The number of hydrogen-bond donors (Lipinski definition) is 4. The first-order valence-electron chi connectivity index (χ1n) is 9.73. The summed E-state index contributed by atoms with van der Waals surface area (Å²) in [7, 11) is 0. The van der Waals surface area contributed by atoms with Crippen LogP contribution in [0.3, 0.4) is 0 Å². The number of nitrogens with two attached hydrogens (primary N) is 1. The molecular weight excluding hydrogens is 592 g/mol. The van der Waals surface area contributed by atoms with E-state index in [1.165, 1.54) is 39.8 Å². The Bertz CT molecular complexity index is 1290. The van der Waals surface area contributed by atoms with E-state index in [4.69, 9.17) is 22.4 Å². The van der Waals surface area contributed by atoms with Crippen LogP contribution in [0.4, 0.5) is 5.13 Å². The number of nitrogen functional groups attached to an aromatic ring is 1. The van der Waals surface area contributed by atoms with Gasteiger partial charge in [-0.05, 0) is 5.57 Å². The maximum Gasteiger partial charge on any atom is 0.352 e. The van der Waals surface area contributed by atoms with E-state index in [1.807, 2.05) is 0 Å². The summed E-state index contributed by atoms with van der Waals surface area (Å²) in [5.41, 5.74) is 7.39. The number of fused-ring (bicyclic) bond motifs is 1. The van der Waals surface area contributed by atoms with Crippen LogP contribution in [-0.4, -0.2) is 82.7 Å². The lowest BCUT2D eigenvalue weighted by Gasteiger charge is -2.49. The predicted molar refractivity (Wildman–Crippen MR) is 139 cm³/mol. The van der Waals surface area contributed by atoms with Crippen LogP contribution in [-0.2, 0) is 19.2 Å². The fourth-order valence-electron chi connectivity index (χ4n) is 3.23. The molecule has 2 aromatic heterocycles. The molecule has 190 valence electrons. The van der Waals surface area contributed by atoms with Crippen molar-refractivity contribution in [1.29, 1.82) is 0 Å². The van der Waals surface area contributed by atoms with Gasteiger partial charge in [-0.15, -0.1) is 33.3 Å². The van der Waals surface area contributed by atoms with Crippen molar-refractivity contribution >= 4 is 104 Å². The maximum absolute atomic E-state index is 12.9. The highest BCUT2D eigenvalue weighted by molar-refractivity contribution is 8.03. The first kappa shape index (κ1) is 26.7. The first-order valence-corrected chi connectivity index (χ1v) is 14.9. The topological polar surface area (TPSA) is 189 Å². The normalized spacial score (nSPS) is 19.6. The highest BCUT2D eigenvalue weighted by Crippen LogP contribution is 2.42. The number of aromatic nitrogens is 3. The predicted octanol–water partition coefficient (Wildman–Crippen LogP) is 1.86. The second-order valence-electron chi connectivity index (χ2n) is 7.02. The van der Waals surface area contributed by atoms with Crippen LogP contribution in [0.1, 0.15) is 5.69 Å². The van der Waals surface area contributed by atoms with Crippen molar-refractivity contribution in [2.75, 3.05) is 23.0 Å². The van der Waals surface area contributed by atoms with Gasteiger partial charge in [0.25, 0.3) is 11.8 Å². The monoisotopic (exact) mass is 606 g/mol. The fraction of sp³-hybridized carbons (Fsp3) is 0.278. The van der Waals surface area contributed by atoms with Gasteiger partial charge < -0.3 is 21.3 Å². The molecule has 2 atom stereocenters. The van der Waals surface area contributed by atoms with Gasteiger partial charge in [0.05, 0.1) is 17.0 Å². The summed E-state index contributed by atoms with van der Waals surface area (Å²) in [6, 6.07) is -0.925. The Morgan fingerprint density at radius 3 is 2.61 bits per heavy atom. The third-order valence-corrected chi connectivity index (χ3v) is 10.3. The summed E-state index contributed by atoms with van der Waals surface area (Å²) in [5, 5.41) is 30.4. The number of carboxylic acids is 2. The molecule has 2 amide bonds. The second kappa shape index (κ2) is 11.4. The van der Waals surface area contributed by atoms with E-state index in [2.05, 4.69) is 20.5 Å². The van der Waals surface area contributed by atoms with Gasteiger partial charge >= 0.3 is 11.9 Å². The van der Waals surface area contributed by atoms with Gasteiger partial charge in [-0.1, -0.05) is 46.5 Å². The Kier molecular flexibility index (Phi) is 8.46. The number of aliphatic carboxylic acids is 2. The Hall–Kier alpha value is -2.31. The third-order valence-electron chi connectivity index (χ3n) is 4.76. The van der Waals surface area contributed by atoms with Gasteiger partial charge in [0, 0.05) is 22.4 Å². The number of thiazole rings is 1. The maximum atomic E-state index is 12.9. The second-order valence-corrected chi connectivity index (χ2v) is 12.7. The van der Waals surface area contributed by atoms with Crippen LogP contribution in [0, 0.1) is 0 Å². The number of rotatable bonds is 10. The molecule has 5 N–H and O–H groups in total. The van der Waals surface area contributed by atoms with E-state index in [0.717, 1.165) is 28.6 Å². The minimum absolute atomic E-state index is 0.0423. The molecule has 12 nitrogen and oxygen atoms in total. The van der Waals surface area contributed by atoms with Crippen LogP contribution in [0.25, 0.3) is 5.57 Å².